The summed E-state index contributed by atoms with van der Waals surface area (Å²) in [7, 11) is 0. The van der Waals surface area contributed by atoms with Gasteiger partial charge in [-0.15, -0.1) is 0 Å². The molecule has 58 valence electrons. The Bertz CT molecular complexity index is 126. The lowest BCUT2D eigenvalue weighted by Crippen LogP contribution is -2.35. The molecule has 1 saturated heterocycles. The summed E-state index contributed by atoms with van der Waals surface area (Å²) in [5.74, 6) is 2.70. The van der Waals surface area contributed by atoms with Gasteiger partial charge in [-0.25, -0.2) is 0 Å². The van der Waals surface area contributed by atoms with Crippen molar-refractivity contribution >= 4 is 0 Å². The fraction of sp³-hybridized carbons (Fsp3) is 1.00. The maximum absolute atomic E-state index is 8.70. The first kappa shape index (κ1) is 6.62. The molecule has 0 amide bonds. The molecule has 0 bridgehead atoms. The number of aliphatic hydroxyl groups excluding tert-OH is 1. The summed E-state index contributed by atoms with van der Waals surface area (Å²) in [5.41, 5.74) is 0. The van der Waals surface area contributed by atoms with Gasteiger partial charge < -0.3 is 10.4 Å². The highest BCUT2D eigenvalue weighted by Crippen LogP contribution is 2.44. The van der Waals surface area contributed by atoms with Crippen LogP contribution in [-0.4, -0.2) is 24.8 Å². The third-order valence-corrected chi connectivity index (χ3v) is 3.10. The lowest BCUT2D eigenvalue weighted by molar-refractivity contribution is 0.0906. The maximum atomic E-state index is 8.70. The van der Waals surface area contributed by atoms with Gasteiger partial charge in [0.2, 0.25) is 0 Å². The van der Waals surface area contributed by atoms with Crippen LogP contribution in [0, 0.1) is 17.8 Å². The van der Waals surface area contributed by atoms with E-state index < -0.39 is 0 Å². The molecule has 0 spiro atoms. The van der Waals surface area contributed by atoms with E-state index in [9.17, 15) is 0 Å². The molecule has 0 radical (unpaired) electrons. The Kier molecular flexibility index (Phi) is 1.66. The number of aliphatic hydroxyl groups is 1. The fourth-order valence-electron chi connectivity index (χ4n) is 2.43. The summed E-state index contributed by atoms with van der Waals surface area (Å²) < 4.78 is 0. The Balaban J connectivity index is 1.83. The Morgan fingerprint density at radius 1 is 1.40 bits per heavy atom. The second-order valence-corrected chi connectivity index (χ2v) is 3.59. The maximum Gasteiger partial charge on any atom is 0.0433 e. The van der Waals surface area contributed by atoms with Crippen LogP contribution in [0.15, 0.2) is 0 Å². The summed E-state index contributed by atoms with van der Waals surface area (Å²) >= 11 is 0. The van der Waals surface area contributed by atoms with E-state index in [2.05, 4.69) is 5.32 Å². The number of hydrogen-bond donors (Lipinski definition) is 2. The van der Waals surface area contributed by atoms with Crippen LogP contribution in [0.25, 0.3) is 0 Å². The van der Waals surface area contributed by atoms with Gasteiger partial charge in [0.15, 0.2) is 0 Å². The SMILES string of the molecule is OCCC1CC2CNCC12. The lowest BCUT2D eigenvalue weighted by Gasteiger charge is -2.39. The van der Waals surface area contributed by atoms with Gasteiger partial charge in [0.05, 0.1) is 0 Å². The van der Waals surface area contributed by atoms with E-state index in [1.54, 1.807) is 0 Å². The van der Waals surface area contributed by atoms with Crippen LogP contribution in [0.2, 0.25) is 0 Å². The molecule has 0 aromatic carbocycles. The van der Waals surface area contributed by atoms with Crippen LogP contribution in [0.5, 0.6) is 0 Å². The van der Waals surface area contributed by atoms with E-state index in [0.717, 1.165) is 24.2 Å². The molecule has 3 unspecified atom stereocenters. The molecule has 3 atom stereocenters. The Labute approximate surface area is 61.6 Å². The molecule has 1 heterocycles. The highest BCUT2D eigenvalue weighted by molar-refractivity contribution is 4.95. The average molecular weight is 141 g/mol. The minimum atomic E-state index is 0.383. The molecule has 1 saturated carbocycles. The van der Waals surface area contributed by atoms with Crippen LogP contribution in [0.4, 0.5) is 0 Å². The molecular formula is C8H15NO. The predicted octanol–water partition coefficient (Wildman–Crippen LogP) is 0.224. The Hall–Kier alpha value is -0.0800. The summed E-state index contributed by atoms with van der Waals surface area (Å²) in [4.78, 5) is 0. The van der Waals surface area contributed by atoms with Crippen LogP contribution < -0.4 is 5.32 Å². The Morgan fingerprint density at radius 2 is 2.30 bits per heavy atom. The van der Waals surface area contributed by atoms with Crippen molar-refractivity contribution in [1.29, 1.82) is 0 Å². The summed E-state index contributed by atoms with van der Waals surface area (Å²) in [6, 6.07) is 0. The van der Waals surface area contributed by atoms with Crippen molar-refractivity contribution in [2.24, 2.45) is 17.8 Å². The van der Waals surface area contributed by atoms with E-state index >= 15 is 0 Å². The summed E-state index contributed by atoms with van der Waals surface area (Å²) in [6.07, 6.45) is 2.39. The van der Waals surface area contributed by atoms with E-state index in [0.29, 0.717) is 6.61 Å². The number of hydrogen-bond acceptors (Lipinski definition) is 2. The molecule has 1 aliphatic carbocycles. The third-order valence-electron chi connectivity index (χ3n) is 3.10. The zero-order chi connectivity index (χ0) is 6.97. The van der Waals surface area contributed by atoms with Gasteiger partial charge in [0, 0.05) is 6.61 Å². The topological polar surface area (TPSA) is 32.3 Å². The van der Waals surface area contributed by atoms with Crippen LogP contribution in [0.1, 0.15) is 12.8 Å². The molecule has 2 rings (SSSR count). The quantitative estimate of drug-likeness (QED) is 0.576. The molecule has 2 heteroatoms. The molecule has 1 aliphatic heterocycles. The van der Waals surface area contributed by atoms with E-state index in [1.165, 1.54) is 19.5 Å². The van der Waals surface area contributed by atoms with Crippen molar-refractivity contribution in [3.05, 3.63) is 0 Å². The van der Waals surface area contributed by atoms with Crippen LogP contribution in [0.3, 0.4) is 0 Å². The van der Waals surface area contributed by atoms with Gasteiger partial charge in [-0.1, -0.05) is 0 Å². The van der Waals surface area contributed by atoms with Crippen molar-refractivity contribution in [3.8, 4) is 0 Å². The van der Waals surface area contributed by atoms with Crippen molar-refractivity contribution in [2.75, 3.05) is 19.7 Å². The number of nitrogens with one attached hydrogen (secondary N) is 1. The molecule has 2 fully saturated rings. The van der Waals surface area contributed by atoms with Gasteiger partial charge in [-0.05, 0) is 43.7 Å². The van der Waals surface area contributed by atoms with Gasteiger partial charge in [-0.2, -0.15) is 0 Å². The molecular weight excluding hydrogens is 126 g/mol. The zero-order valence-corrected chi connectivity index (χ0v) is 6.21. The average Bonchev–Trinajstić information content (AvgIpc) is 2.26. The number of fused-ring (bicyclic) bond motifs is 1. The van der Waals surface area contributed by atoms with Crippen molar-refractivity contribution in [2.45, 2.75) is 12.8 Å². The molecule has 2 aliphatic rings. The van der Waals surface area contributed by atoms with Gasteiger partial charge in [0.1, 0.15) is 0 Å². The van der Waals surface area contributed by atoms with Gasteiger partial charge >= 0.3 is 0 Å². The van der Waals surface area contributed by atoms with E-state index in [-0.39, 0.29) is 0 Å². The normalized spacial score (nSPS) is 44.7. The monoisotopic (exact) mass is 141 g/mol. The molecule has 2 N–H and O–H groups in total. The first-order valence-electron chi connectivity index (χ1n) is 4.23. The minimum absolute atomic E-state index is 0.383. The standard InChI is InChI=1S/C8H15NO/c10-2-1-6-3-7-4-9-5-8(6)7/h6-10H,1-5H2. The van der Waals surface area contributed by atoms with Crippen molar-refractivity contribution in [1.82, 2.24) is 5.32 Å². The third kappa shape index (κ3) is 0.867. The van der Waals surface area contributed by atoms with Gasteiger partial charge in [-0.3, -0.25) is 0 Å². The molecule has 0 aromatic heterocycles. The minimum Gasteiger partial charge on any atom is -0.396 e. The highest BCUT2D eigenvalue weighted by Gasteiger charge is 2.42. The van der Waals surface area contributed by atoms with Crippen LogP contribution in [-0.2, 0) is 0 Å². The van der Waals surface area contributed by atoms with E-state index in [4.69, 9.17) is 5.11 Å². The first-order chi connectivity index (χ1) is 4.92. The Morgan fingerprint density at radius 3 is 3.00 bits per heavy atom. The fourth-order valence-corrected chi connectivity index (χ4v) is 2.43. The smallest absolute Gasteiger partial charge is 0.0433 e. The second kappa shape index (κ2) is 2.51. The lowest BCUT2D eigenvalue weighted by atomic mass is 9.65. The first-order valence-corrected chi connectivity index (χ1v) is 4.23. The van der Waals surface area contributed by atoms with Crippen molar-refractivity contribution in [3.63, 3.8) is 0 Å². The second-order valence-electron chi connectivity index (χ2n) is 3.59. The molecule has 2 nitrogen and oxygen atoms in total. The van der Waals surface area contributed by atoms with Gasteiger partial charge in [0.25, 0.3) is 0 Å². The van der Waals surface area contributed by atoms with Crippen LogP contribution >= 0.6 is 0 Å². The molecule has 10 heavy (non-hydrogen) atoms. The number of rotatable bonds is 2. The predicted molar refractivity (Wildman–Crippen MR) is 39.7 cm³/mol. The zero-order valence-electron chi connectivity index (χ0n) is 6.21. The summed E-state index contributed by atoms with van der Waals surface area (Å²) in [5, 5.41) is 12.1. The summed E-state index contributed by atoms with van der Waals surface area (Å²) in [6.45, 7) is 2.82. The van der Waals surface area contributed by atoms with E-state index in [1.807, 2.05) is 0 Å². The highest BCUT2D eigenvalue weighted by atomic mass is 16.3. The largest absolute Gasteiger partial charge is 0.396 e. The molecule has 0 aromatic rings. The van der Waals surface area contributed by atoms with Crippen molar-refractivity contribution < 1.29 is 5.11 Å².